The zero-order valence-electron chi connectivity index (χ0n) is 21.4. The molecule has 1 aliphatic rings. The van der Waals surface area contributed by atoms with Gasteiger partial charge in [-0.2, -0.15) is 0 Å². The van der Waals surface area contributed by atoms with Crippen molar-refractivity contribution >= 4 is 28.3 Å². The summed E-state index contributed by atoms with van der Waals surface area (Å²) in [6.45, 7) is 5.69. The van der Waals surface area contributed by atoms with Gasteiger partial charge in [-0.3, -0.25) is 9.69 Å². The highest BCUT2D eigenvalue weighted by atomic mass is 16.5. The topological polar surface area (TPSA) is 113 Å². The van der Waals surface area contributed by atoms with Crippen LogP contribution in [0, 0.1) is 0 Å². The molecule has 9 heteroatoms. The maximum atomic E-state index is 12.5. The smallest absolute Gasteiger partial charge is 0.337 e. The lowest BCUT2D eigenvalue weighted by Gasteiger charge is -2.26. The average Bonchev–Trinajstić information content (AvgIpc) is 2.95. The second-order valence-corrected chi connectivity index (χ2v) is 9.29. The van der Waals surface area contributed by atoms with Crippen LogP contribution < -0.4 is 20.1 Å². The number of nitrogens with zero attached hydrogens (tertiary/aromatic N) is 2. The predicted octanol–water partition coefficient (Wildman–Crippen LogP) is 4.19. The molecule has 0 saturated carbocycles. The molecule has 1 amide bonds. The number of carboxylic acids is 1. The van der Waals surface area contributed by atoms with E-state index in [0.29, 0.717) is 23.8 Å². The Balaban J connectivity index is 1.17. The molecule has 0 radical (unpaired) electrons. The van der Waals surface area contributed by atoms with Crippen molar-refractivity contribution < 1.29 is 24.2 Å². The van der Waals surface area contributed by atoms with Crippen molar-refractivity contribution in [2.45, 2.75) is 6.42 Å². The molecule has 1 saturated heterocycles. The van der Waals surface area contributed by atoms with Crippen molar-refractivity contribution in [1.82, 2.24) is 15.2 Å². The van der Waals surface area contributed by atoms with E-state index in [1.807, 2.05) is 36.4 Å². The highest BCUT2D eigenvalue weighted by Gasteiger charge is 2.13. The monoisotopic (exact) mass is 526 g/mol. The number of amides is 1. The van der Waals surface area contributed by atoms with Crippen molar-refractivity contribution in [2.24, 2.45) is 0 Å². The van der Waals surface area contributed by atoms with Crippen LogP contribution in [-0.4, -0.2) is 66.2 Å². The minimum atomic E-state index is -1.10. The Morgan fingerprint density at radius 3 is 2.49 bits per heavy atom. The molecule has 39 heavy (non-hydrogen) atoms. The number of pyridine rings is 1. The van der Waals surface area contributed by atoms with Crippen LogP contribution in [-0.2, 0) is 11.2 Å². The SMILES string of the molecule is O=C(Cc1ccc(Oc2ccc3ccc(OCCN4CCNCC4)cc3c2)nc1)Nc1ccccc1C(=O)O. The number of rotatable bonds is 10. The lowest BCUT2D eigenvalue weighted by Crippen LogP contribution is -2.44. The van der Waals surface area contributed by atoms with Crippen LogP contribution in [0.5, 0.6) is 17.4 Å². The second kappa shape index (κ2) is 12.4. The number of hydrogen-bond acceptors (Lipinski definition) is 7. The van der Waals surface area contributed by atoms with Gasteiger partial charge in [0, 0.05) is 45.0 Å². The van der Waals surface area contributed by atoms with Crippen molar-refractivity contribution in [2.75, 3.05) is 44.6 Å². The molecule has 3 aromatic carbocycles. The number of ether oxygens (including phenoxy) is 2. The maximum Gasteiger partial charge on any atom is 0.337 e. The van der Waals surface area contributed by atoms with E-state index in [2.05, 4.69) is 20.5 Å². The van der Waals surface area contributed by atoms with E-state index >= 15 is 0 Å². The number of carboxylic acid groups (broad SMARTS) is 1. The summed E-state index contributed by atoms with van der Waals surface area (Å²) in [4.78, 5) is 30.5. The van der Waals surface area contributed by atoms with E-state index in [9.17, 15) is 14.7 Å². The third-order valence-corrected chi connectivity index (χ3v) is 6.49. The first kappa shape index (κ1) is 26.1. The average molecular weight is 527 g/mol. The van der Waals surface area contributed by atoms with E-state index in [1.54, 1.807) is 36.5 Å². The van der Waals surface area contributed by atoms with E-state index in [-0.39, 0.29) is 23.6 Å². The van der Waals surface area contributed by atoms with Gasteiger partial charge in [0.1, 0.15) is 18.1 Å². The van der Waals surface area contributed by atoms with Crippen LogP contribution in [0.1, 0.15) is 15.9 Å². The summed E-state index contributed by atoms with van der Waals surface area (Å²) in [5.41, 5.74) is 0.970. The standard InChI is InChI=1S/C30H30N4O5/c35-28(33-27-4-2-1-3-26(27)30(36)37)17-21-5-10-29(32-20-21)39-25-9-7-22-6-8-24(18-23(22)19-25)38-16-15-34-13-11-31-12-14-34/h1-10,18-20,31H,11-17H2,(H,33,35)(H,36,37). The number of aromatic carboxylic acids is 1. The fourth-order valence-corrected chi connectivity index (χ4v) is 4.44. The Morgan fingerprint density at radius 1 is 0.949 bits per heavy atom. The molecule has 0 unspecified atom stereocenters. The van der Waals surface area contributed by atoms with Gasteiger partial charge in [0.25, 0.3) is 0 Å². The van der Waals surface area contributed by atoms with Gasteiger partial charge >= 0.3 is 5.97 Å². The molecule has 0 bridgehead atoms. The number of carbonyl (C=O) groups is 2. The van der Waals surface area contributed by atoms with Gasteiger partial charge < -0.3 is 25.2 Å². The molecule has 5 rings (SSSR count). The summed E-state index contributed by atoms with van der Waals surface area (Å²) in [6, 6.07) is 21.6. The number of aromatic nitrogens is 1. The molecule has 0 aliphatic carbocycles. The summed E-state index contributed by atoms with van der Waals surface area (Å²) in [6.07, 6.45) is 1.62. The minimum absolute atomic E-state index is 0.0389. The molecular weight excluding hydrogens is 496 g/mol. The van der Waals surface area contributed by atoms with Gasteiger partial charge in [-0.05, 0) is 52.7 Å². The molecule has 0 atom stereocenters. The van der Waals surface area contributed by atoms with Crippen molar-refractivity contribution in [3.63, 3.8) is 0 Å². The van der Waals surface area contributed by atoms with Crippen molar-refractivity contribution in [1.29, 1.82) is 0 Å². The Labute approximate surface area is 226 Å². The normalized spacial score (nSPS) is 13.6. The quantitative estimate of drug-likeness (QED) is 0.282. The highest BCUT2D eigenvalue weighted by molar-refractivity contribution is 6.01. The summed E-state index contributed by atoms with van der Waals surface area (Å²) in [7, 11) is 0. The summed E-state index contributed by atoms with van der Waals surface area (Å²) < 4.78 is 12.0. The zero-order chi connectivity index (χ0) is 27.0. The number of benzene rings is 3. The summed E-state index contributed by atoms with van der Waals surface area (Å²) >= 11 is 0. The minimum Gasteiger partial charge on any atom is -0.492 e. The van der Waals surface area contributed by atoms with Crippen LogP contribution in [0.4, 0.5) is 5.69 Å². The number of fused-ring (bicyclic) bond motifs is 1. The van der Waals surface area contributed by atoms with Gasteiger partial charge in [0.05, 0.1) is 17.7 Å². The zero-order valence-corrected chi connectivity index (χ0v) is 21.4. The van der Waals surface area contributed by atoms with Crippen LogP contribution in [0.25, 0.3) is 10.8 Å². The van der Waals surface area contributed by atoms with Gasteiger partial charge in [-0.1, -0.05) is 30.3 Å². The molecule has 2 heterocycles. The largest absolute Gasteiger partial charge is 0.492 e. The maximum absolute atomic E-state index is 12.5. The first-order valence-corrected chi connectivity index (χ1v) is 12.9. The van der Waals surface area contributed by atoms with Crippen LogP contribution >= 0.6 is 0 Å². The molecule has 9 nitrogen and oxygen atoms in total. The highest BCUT2D eigenvalue weighted by Crippen LogP contribution is 2.28. The Bertz CT molecular complexity index is 1450. The first-order valence-electron chi connectivity index (χ1n) is 12.9. The lowest BCUT2D eigenvalue weighted by atomic mass is 10.1. The first-order chi connectivity index (χ1) is 19.0. The number of anilines is 1. The van der Waals surface area contributed by atoms with Crippen LogP contribution in [0.15, 0.2) is 79.0 Å². The molecule has 0 spiro atoms. The molecule has 1 aliphatic heterocycles. The number of carbonyl (C=O) groups excluding carboxylic acids is 1. The third kappa shape index (κ3) is 7.10. The van der Waals surface area contributed by atoms with E-state index in [0.717, 1.165) is 49.2 Å². The third-order valence-electron chi connectivity index (χ3n) is 6.49. The molecule has 4 aromatic rings. The van der Waals surface area contributed by atoms with Crippen molar-refractivity contribution in [3.05, 3.63) is 90.1 Å². The molecule has 3 N–H and O–H groups in total. The lowest BCUT2D eigenvalue weighted by molar-refractivity contribution is -0.115. The second-order valence-electron chi connectivity index (χ2n) is 9.29. The fourth-order valence-electron chi connectivity index (χ4n) is 4.44. The van der Waals surface area contributed by atoms with Gasteiger partial charge in [-0.25, -0.2) is 9.78 Å². The Hall–Kier alpha value is -4.47. The van der Waals surface area contributed by atoms with Gasteiger partial charge in [0.15, 0.2) is 0 Å². The van der Waals surface area contributed by atoms with E-state index in [1.165, 1.54) is 6.07 Å². The Kier molecular flexibility index (Phi) is 8.30. The fraction of sp³-hybridized carbons (Fsp3) is 0.233. The van der Waals surface area contributed by atoms with E-state index in [4.69, 9.17) is 9.47 Å². The summed E-state index contributed by atoms with van der Waals surface area (Å²) in [5.74, 6) is 0.431. The number of piperazine rings is 1. The van der Waals surface area contributed by atoms with E-state index < -0.39 is 5.97 Å². The number of para-hydroxylation sites is 1. The molecule has 1 fully saturated rings. The Morgan fingerprint density at radius 2 is 1.72 bits per heavy atom. The van der Waals surface area contributed by atoms with Gasteiger partial charge in [-0.15, -0.1) is 0 Å². The molecule has 200 valence electrons. The van der Waals surface area contributed by atoms with Crippen molar-refractivity contribution in [3.8, 4) is 17.4 Å². The molecular formula is C30H30N4O5. The summed E-state index contributed by atoms with van der Waals surface area (Å²) in [5, 5.41) is 17.4. The number of nitrogens with one attached hydrogen (secondary N) is 2. The van der Waals surface area contributed by atoms with Gasteiger partial charge in [0.2, 0.25) is 11.8 Å². The van der Waals surface area contributed by atoms with Crippen LogP contribution in [0.3, 0.4) is 0 Å². The van der Waals surface area contributed by atoms with Crippen LogP contribution in [0.2, 0.25) is 0 Å². The predicted molar refractivity (Wildman–Crippen MR) is 149 cm³/mol. The molecule has 1 aromatic heterocycles. The number of hydrogen-bond donors (Lipinski definition) is 3.